The molecule has 1 atom stereocenters. The Morgan fingerprint density at radius 2 is 1.27 bits per heavy atom. The van der Waals surface area contributed by atoms with E-state index >= 15 is 0 Å². The van der Waals surface area contributed by atoms with Crippen molar-refractivity contribution in [2.24, 2.45) is 0 Å². The molecule has 0 saturated heterocycles. The Morgan fingerprint density at radius 3 is 1.47 bits per heavy atom. The molecule has 1 unspecified atom stereocenters. The van der Waals surface area contributed by atoms with Crippen LogP contribution in [0.4, 0.5) is 0 Å². The zero-order valence-corrected chi connectivity index (χ0v) is 9.02. The summed E-state index contributed by atoms with van der Waals surface area (Å²) in [6.07, 6.45) is 0. The molecule has 0 aliphatic heterocycles. The minimum Gasteiger partial charge on any atom is -0.394 e. The van der Waals surface area contributed by atoms with Crippen molar-refractivity contribution in [1.82, 2.24) is 0 Å². The largest absolute Gasteiger partial charge is 0.394 e. The van der Waals surface area contributed by atoms with Gasteiger partial charge in [0.05, 0.1) is 21.2 Å². The Hall–Kier alpha value is 0.345. The van der Waals surface area contributed by atoms with E-state index in [2.05, 4.69) is 12.6 Å². The summed E-state index contributed by atoms with van der Waals surface area (Å²) in [5.41, 5.74) is -2.75. The van der Waals surface area contributed by atoms with Crippen LogP contribution < -0.4 is 0 Å². The third kappa shape index (κ3) is 2.37. The Labute approximate surface area is 97.1 Å². The normalized spacial score (nSPS) is 18.6. The summed E-state index contributed by atoms with van der Waals surface area (Å²) in [5, 5.41) is 44.3. The number of rotatable bonds is 4. The minimum absolute atomic E-state index is 0.501. The molecule has 0 heterocycles. The average molecular weight is 228 g/mol. The second-order valence-electron chi connectivity index (χ2n) is 3.69. The minimum atomic E-state index is -3.54. The third-order valence-electron chi connectivity index (χ3n) is 2.10. The zero-order valence-electron chi connectivity index (χ0n) is 8.12. The van der Waals surface area contributed by atoms with Crippen molar-refractivity contribution in [3.63, 3.8) is 0 Å². The summed E-state index contributed by atoms with van der Waals surface area (Å²) in [4.78, 5) is 0. The van der Waals surface area contributed by atoms with Crippen molar-refractivity contribution in [2.75, 3.05) is 5.75 Å². The first-order valence-corrected chi connectivity index (χ1v) is 4.54. The van der Waals surface area contributed by atoms with Crippen LogP contribution in [0.1, 0.15) is 6.92 Å². The summed E-state index contributed by atoms with van der Waals surface area (Å²) in [6.45, 7) is 0.739. The molecule has 15 heavy (non-hydrogen) atoms. The lowest BCUT2D eigenvalue weighted by Gasteiger charge is -2.50. The smallest absolute Gasteiger partial charge is 0.237 e. The summed E-state index contributed by atoms with van der Waals surface area (Å²) in [7, 11) is 15.3. The van der Waals surface area contributed by atoms with E-state index < -0.39 is 28.0 Å². The molecule has 0 aliphatic carbocycles. The molecule has 6 radical (unpaired) electrons. The van der Waals surface area contributed by atoms with Crippen molar-refractivity contribution in [2.45, 2.75) is 29.2 Å². The van der Waals surface area contributed by atoms with E-state index in [1.165, 1.54) is 0 Å². The first kappa shape index (κ1) is 15.3. The SMILES string of the molecule is [B]C(C)(O)C(O)(O)C(O)(O)C([B])([B])CS. The molecule has 0 saturated carbocycles. The maximum atomic E-state index is 9.42. The highest BCUT2D eigenvalue weighted by Gasteiger charge is 2.61. The Bertz CT molecular complexity index is 237. The number of thiol groups is 1. The summed E-state index contributed by atoms with van der Waals surface area (Å²) < 4.78 is 0. The molecule has 0 aromatic carbocycles. The molecule has 0 aromatic rings. The lowest BCUT2D eigenvalue weighted by Crippen LogP contribution is -2.72. The molecule has 0 aliphatic rings. The molecule has 0 bridgehead atoms. The van der Waals surface area contributed by atoms with E-state index in [1.54, 1.807) is 0 Å². The van der Waals surface area contributed by atoms with Crippen molar-refractivity contribution < 1.29 is 25.5 Å². The lowest BCUT2D eigenvalue weighted by atomic mass is 9.47. The van der Waals surface area contributed by atoms with Gasteiger partial charge in [0.25, 0.3) is 0 Å². The molecular weight excluding hydrogens is 217 g/mol. The zero-order chi connectivity index (χ0) is 12.7. The van der Waals surface area contributed by atoms with E-state index in [1.807, 2.05) is 0 Å². The van der Waals surface area contributed by atoms with Gasteiger partial charge in [0.2, 0.25) is 11.6 Å². The lowest BCUT2D eigenvalue weighted by molar-refractivity contribution is -0.394. The van der Waals surface area contributed by atoms with Gasteiger partial charge in [0, 0.05) is 0 Å². The number of hydrogen-bond acceptors (Lipinski definition) is 6. The summed E-state index contributed by atoms with van der Waals surface area (Å²) >= 11 is 3.61. The molecule has 0 spiro atoms. The highest BCUT2D eigenvalue weighted by Crippen LogP contribution is 2.41. The molecule has 5 N–H and O–H groups in total. The van der Waals surface area contributed by atoms with Crippen molar-refractivity contribution in [3.8, 4) is 0 Å². The summed E-state index contributed by atoms with van der Waals surface area (Å²) in [5.74, 6) is -7.49. The van der Waals surface area contributed by atoms with Crippen LogP contribution >= 0.6 is 12.6 Å². The van der Waals surface area contributed by atoms with Gasteiger partial charge in [-0.1, -0.05) is 0 Å². The molecule has 0 fully saturated rings. The topological polar surface area (TPSA) is 101 Å². The van der Waals surface area contributed by atoms with Gasteiger partial charge in [-0.15, -0.1) is 0 Å². The second-order valence-corrected chi connectivity index (χ2v) is 4.01. The van der Waals surface area contributed by atoms with Gasteiger partial charge in [-0.05, 0) is 17.9 Å². The quantitative estimate of drug-likeness (QED) is 0.171. The van der Waals surface area contributed by atoms with E-state index in [9.17, 15) is 20.4 Å². The van der Waals surface area contributed by atoms with Gasteiger partial charge >= 0.3 is 0 Å². The van der Waals surface area contributed by atoms with Crippen LogP contribution in [0.25, 0.3) is 0 Å². The molecule has 5 nitrogen and oxygen atoms in total. The summed E-state index contributed by atoms with van der Waals surface area (Å²) in [6, 6.07) is 0. The Balaban J connectivity index is 5.38. The average Bonchev–Trinajstić information content (AvgIpc) is 2.01. The van der Waals surface area contributed by atoms with Crippen LogP contribution in [-0.2, 0) is 0 Å². The predicted molar refractivity (Wildman–Crippen MR) is 58.8 cm³/mol. The molecule has 9 heteroatoms. The van der Waals surface area contributed by atoms with E-state index in [4.69, 9.17) is 28.6 Å². The van der Waals surface area contributed by atoms with Crippen LogP contribution in [0.5, 0.6) is 0 Å². The third-order valence-corrected chi connectivity index (χ3v) is 2.63. The van der Waals surface area contributed by atoms with E-state index in [0.29, 0.717) is 0 Å². The fourth-order valence-corrected chi connectivity index (χ4v) is 1.01. The van der Waals surface area contributed by atoms with Gasteiger partial charge < -0.3 is 25.5 Å². The standard InChI is InChI=1S/C6H11B3O5S/c1-3(7,10)5(11,12)6(13,14)4(8,9)2-15/h10-15H,2H2,1H3. The highest BCUT2D eigenvalue weighted by atomic mass is 32.1. The molecule has 0 aromatic heterocycles. The van der Waals surface area contributed by atoms with Gasteiger partial charge in [-0.3, -0.25) is 0 Å². The van der Waals surface area contributed by atoms with Crippen LogP contribution in [0.15, 0.2) is 0 Å². The van der Waals surface area contributed by atoms with Crippen LogP contribution in [-0.4, -0.2) is 71.9 Å². The number of hydrogen-bond donors (Lipinski definition) is 6. The van der Waals surface area contributed by atoms with E-state index in [0.717, 1.165) is 6.92 Å². The number of aliphatic hydroxyl groups is 5. The molecule has 80 valence electrons. The maximum Gasteiger partial charge on any atom is 0.237 e. The van der Waals surface area contributed by atoms with Crippen LogP contribution in [0.3, 0.4) is 0 Å². The van der Waals surface area contributed by atoms with Crippen LogP contribution in [0.2, 0.25) is 5.21 Å². The van der Waals surface area contributed by atoms with Gasteiger partial charge in [0.15, 0.2) is 0 Å². The van der Waals surface area contributed by atoms with Crippen molar-refractivity contribution in [3.05, 3.63) is 0 Å². The first-order valence-electron chi connectivity index (χ1n) is 3.90. The fraction of sp³-hybridized carbons (Fsp3) is 1.00. The van der Waals surface area contributed by atoms with Gasteiger partial charge in [0.1, 0.15) is 7.85 Å². The fourth-order valence-electron chi connectivity index (χ4n) is 0.788. The Kier molecular flexibility index (Phi) is 4.07. The van der Waals surface area contributed by atoms with Crippen molar-refractivity contribution >= 4 is 36.2 Å². The molecule has 0 amide bonds. The monoisotopic (exact) mass is 228 g/mol. The maximum absolute atomic E-state index is 9.42. The second kappa shape index (κ2) is 3.98. The van der Waals surface area contributed by atoms with Gasteiger partial charge in [-0.2, -0.15) is 12.6 Å². The Morgan fingerprint density at radius 1 is 0.933 bits per heavy atom. The van der Waals surface area contributed by atoms with E-state index in [-0.39, 0.29) is 0 Å². The molecular formula is C6H11B3O5S. The highest BCUT2D eigenvalue weighted by molar-refractivity contribution is 7.80. The van der Waals surface area contributed by atoms with Crippen LogP contribution in [0, 0.1) is 0 Å². The van der Waals surface area contributed by atoms with Gasteiger partial charge in [-0.25, -0.2) is 0 Å². The van der Waals surface area contributed by atoms with Crippen molar-refractivity contribution in [1.29, 1.82) is 0 Å². The molecule has 0 rings (SSSR count). The predicted octanol–water partition coefficient (Wildman–Crippen LogP) is -3.39. The first-order chi connectivity index (χ1) is 6.31.